The number of hydrogen-bond donors (Lipinski definition) is 2. The van der Waals surface area contributed by atoms with Crippen molar-refractivity contribution in [2.45, 2.75) is 13.3 Å². The minimum Gasteiger partial charge on any atom is -0.389 e. The topological polar surface area (TPSA) is 72.9 Å². The van der Waals surface area contributed by atoms with Crippen LogP contribution in [-0.2, 0) is 13.5 Å². The van der Waals surface area contributed by atoms with E-state index in [-0.39, 0.29) is 10.9 Å². The number of nitrogens with zero attached hydrogens (tertiary/aromatic N) is 2. The Kier molecular flexibility index (Phi) is 4.14. The van der Waals surface area contributed by atoms with Crippen molar-refractivity contribution >= 4 is 28.9 Å². The number of carbonyl (C=O) groups excluding carboxylic acids is 1. The Morgan fingerprint density at radius 3 is 2.60 bits per heavy atom. The van der Waals surface area contributed by atoms with Gasteiger partial charge >= 0.3 is 0 Å². The van der Waals surface area contributed by atoms with Gasteiger partial charge in [-0.1, -0.05) is 31.3 Å². The van der Waals surface area contributed by atoms with E-state index in [4.69, 9.17) is 18.0 Å². The zero-order valence-corrected chi connectivity index (χ0v) is 12.2. The summed E-state index contributed by atoms with van der Waals surface area (Å²) in [6.07, 6.45) is 2.48. The fraction of sp³-hybridized carbons (Fsp3) is 0.214. The van der Waals surface area contributed by atoms with Crippen molar-refractivity contribution in [3.05, 3.63) is 47.2 Å². The minimum atomic E-state index is -0.214. The molecule has 1 aromatic carbocycles. The molecule has 0 fully saturated rings. The lowest BCUT2D eigenvalue weighted by Gasteiger charge is -2.08. The molecule has 0 aliphatic heterocycles. The van der Waals surface area contributed by atoms with Crippen LogP contribution in [0.25, 0.3) is 0 Å². The molecule has 0 aliphatic rings. The molecule has 3 N–H and O–H groups in total. The van der Waals surface area contributed by atoms with E-state index in [0.717, 1.165) is 6.42 Å². The van der Waals surface area contributed by atoms with Crippen LogP contribution in [0.2, 0.25) is 0 Å². The SMILES string of the molecule is CCc1ccc(C(=O)Nc2c(C(N)=S)cnn2C)cc1. The summed E-state index contributed by atoms with van der Waals surface area (Å²) in [5.41, 5.74) is 7.93. The van der Waals surface area contributed by atoms with E-state index in [9.17, 15) is 4.79 Å². The second-order valence-corrected chi connectivity index (χ2v) is 4.84. The Labute approximate surface area is 122 Å². The van der Waals surface area contributed by atoms with Crippen molar-refractivity contribution in [2.75, 3.05) is 5.32 Å². The molecular weight excluding hydrogens is 272 g/mol. The van der Waals surface area contributed by atoms with E-state index in [0.29, 0.717) is 16.9 Å². The van der Waals surface area contributed by atoms with E-state index in [1.54, 1.807) is 19.2 Å². The highest BCUT2D eigenvalue weighted by atomic mass is 32.1. The van der Waals surface area contributed by atoms with Gasteiger partial charge in [0.2, 0.25) is 0 Å². The Morgan fingerprint density at radius 1 is 1.40 bits per heavy atom. The molecule has 6 heteroatoms. The van der Waals surface area contributed by atoms with E-state index < -0.39 is 0 Å². The second-order valence-electron chi connectivity index (χ2n) is 4.40. The first kappa shape index (κ1) is 14.2. The number of hydrogen-bond acceptors (Lipinski definition) is 3. The maximum atomic E-state index is 12.2. The van der Waals surface area contributed by atoms with E-state index >= 15 is 0 Å². The summed E-state index contributed by atoms with van der Waals surface area (Å²) < 4.78 is 1.53. The summed E-state index contributed by atoms with van der Waals surface area (Å²) in [5, 5.41) is 6.83. The minimum absolute atomic E-state index is 0.203. The predicted molar refractivity (Wildman–Crippen MR) is 82.9 cm³/mol. The molecule has 0 atom stereocenters. The zero-order chi connectivity index (χ0) is 14.7. The number of thiocarbonyl (C=S) groups is 1. The van der Waals surface area contributed by atoms with Gasteiger partial charge in [0.15, 0.2) is 0 Å². The van der Waals surface area contributed by atoms with Gasteiger partial charge < -0.3 is 11.1 Å². The van der Waals surface area contributed by atoms with Crippen molar-refractivity contribution in [3.63, 3.8) is 0 Å². The first-order chi connectivity index (χ1) is 9.52. The molecule has 0 spiro atoms. The number of anilines is 1. The van der Waals surface area contributed by atoms with Crippen LogP contribution in [0.5, 0.6) is 0 Å². The van der Waals surface area contributed by atoms with Crippen molar-refractivity contribution in [1.29, 1.82) is 0 Å². The number of nitrogens with one attached hydrogen (secondary N) is 1. The standard InChI is InChI=1S/C14H16N4OS/c1-3-9-4-6-10(7-5-9)14(19)17-13-11(12(15)20)8-16-18(13)2/h4-8H,3H2,1-2H3,(H2,15,20)(H,17,19). The number of aromatic nitrogens is 2. The number of nitrogens with two attached hydrogens (primary N) is 1. The number of carbonyl (C=O) groups is 1. The molecule has 104 valence electrons. The molecule has 1 heterocycles. The molecule has 2 rings (SSSR count). The molecule has 0 saturated carbocycles. The van der Waals surface area contributed by atoms with Gasteiger partial charge in [0.1, 0.15) is 10.8 Å². The Morgan fingerprint density at radius 2 is 2.05 bits per heavy atom. The maximum Gasteiger partial charge on any atom is 0.256 e. The van der Waals surface area contributed by atoms with Crippen LogP contribution >= 0.6 is 12.2 Å². The van der Waals surface area contributed by atoms with Crippen LogP contribution in [0, 0.1) is 0 Å². The van der Waals surface area contributed by atoms with Crippen LogP contribution in [0.3, 0.4) is 0 Å². The first-order valence-corrected chi connectivity index (χ1v) is 6.65. The van der Waals surface area contributed by atoms with Gasteiger partial charge in [0.25, 0.3) is 5.91 Å². The van der Waals surface area contributed by atoms with Gasteiger partial charge in [-0.3, -0.25) is 9.48 Å². The average Bonchev–Trinajstić information content (AvgIpc) is 2.80. The normalized spacial score (nSPS) is 10.3. The number of amides is 1. The number of benzene rings is 1. The second kappa shape index (κ2) is 5.83. The molecule has 1 amide bonds. The highest BCUT2D eigenvalue weighted by molar-refractivity contribution is 7.80. The van der Waals surface area contributed by atoms with Gasteiger partial charge in [-0.2, -0.15) is 5.10 Å². The molecule has 0 bridgehead atoms. The number of aryl methyl sites for hydroxylation is 2. The lowest BCUT2D eigenvalue weighted by atomic mass is 10.1. The monoisotopic (exact) mass is 288 g/mol. The summed E-state index contributed by atoms with van der Waals surface area (Å²) in [7, 11) is 1.72. The fourth-order valence-electron chi connectivity index (χ4n) is 1.84. The number of rotatable bonds is 4. The van der Waals surface area contributed by atoms with Crippen LogP contribution in [0.4, 0.5) is 5.82 Å². The van der Waals surface area contributed by atoms with Crippen molar-refractivity contribution in [3.8, 4) is 0 Å². The lowest BCUT2D eigenvalue weighted by Crippen LogP contribution is -2.18. The molecule has 0 saturated heterocycles. The zero-order valence-electron chi connectivity index (χ0n) is 11.4. The highest BCUT2D eigenvalue weighted by Gasteiger charge is 2.14. The van der Waals surface area contributed by atoms with Crippen molar-refractivity contribution < 1.29 is 4.79 Å². The van der Waals surface area contributed by atoms with Crippen molar-refractivity contribution in [1.82, 2.24) is 9.78 Å². The quantitative estimate of drug-likeness (QED) is 0.842. The van der Waals surface area contributed by atoms with E-state index in [1.807, 2.05) is 12.1 Å². The van der Waals surface area contributed by atoms with E-state index in [2.05, 4.69) is 17.3 Å². The fourth-order valence-corrected chi connectivity index (χ4v) is 1.99. The largest absolute Gasteiger partial charge is 0.389 e. The average molecular weight is 288 g/mol. The van der Waals surface area contributed by atoms with Crippen molar-refractivity contribution in [2.24, 2.45) is 12.8 Å². The third-order valence-corrected chi connectivity index (χ3v) is 3.28. The Hall–Kier alpha value is -2.21. The van der Waals surface area contributed by atoms with Gasteiger partial charge in [0.05, 0.1) is 11.8 Å². The third-order valence-electron chi connectivity index (χ3n) is 3.06. The summed E-state index contributed by atoms with van der Waals surface area (Å²) in [6.45, 7) is 2.07. The van der Waals surface area contributed by atoms with Gasteiger partial charge in [-0.25, -0.2) is 0 Å². The lowest BCUT2D eigenvalue weighted by molar-refractivity contribution is 0.102. The maximum absolute atomic E-state index is 12.2. The highest BCUT2D eigenvalue weighted by Crippen LogP contribution is 2.15. The van der Waals surface area contributed by atoms with Gasteiger partial charge in [-0.05, 0) is 24.1 Å². The summed E-state index contributed by atoms with van der Waals surface area (Å²) >= 11 is 4.94. The van der Waals surface area contributed by atoms with Gasteiger partial charge in [0, 0.05) is 12.6 Å². The van der Waals surface area contributed by atoms with Crippen LogP contribution in [0.15, 0.2) is 30.5 Å². The molecule has 0 unspecified atom stereocenters. The predicted octanol–water partition coefficient (Wildman–Crippen LogP) is 1.87. The summed E-state index contributed by atoms with van der Waals surface area (Å²) in [6, 6.07) is 7.47. The smallest absolute Gasteiger partial charge is 0.256 e. The third kappa shape index (κ3) is 2.85. The summed E-state index contributed by atoms with van der Waals surface area (Å²) in [5.74, 6) is 0.288. The molecule has 1 aromatic heterocycles. The Balaban J connectivity index is 2.23. The molecule has 0 radical (unpaired) electrons. The van der Waals surface area contributed by atoms with Gasteiger partial charge in [-0.15, -0.1) is 0 Å². The first-order valence-electron chi connectivity index (χ1n) is 6.25. The molecule has 20 heavy (non-hydrogen) atoms. The molecule has 0 aliphatic carbocycles. The summed E-state index contributed by atoms with van der Waals surface area (Å²) in [4.78, 5) is 12.4. The van der Waals surface area contributed by atoms with E-state index in [1.165, 1.54) is 16.4 Å². The molecular formula is C14H16N4OS. The molecule has 2 aromatic rings. The Bertz CT molecular complexity index is 646. The van der Waals surface area contributed by atoms with Crippen LogP contribution < -0.4 is 11.1 Å². The van der Waals surface area contributed by atoms with Crippen LogP contribution in [-0.4, -0.2) is 20.7 Å². The molecule has 5 nitrogen and oxygen atoms in total. The van der Waals surface area contributed by atoms with Crippen LogP contribution in [0.1, 0.15) is 28.4 Å².